The van der Waals surface area contributed by atoms with Crippen molar-refractivity contribution in [3.8, 4) is 22.8 Å². The number of carbonyl (C=O) groups is 1. The van der Waals surface area contributed by atoms with Crippen LogP contribution in [0.4, 0.5) is 18.9 Å². The van der Waals surface area contributed by atoms with E-state index < -0.39 is 34.7 Å². The third kappa shape index (κ3) is 4.44. The molecule has 3 aromatic rings. The van der Waals surface area contributed by atoms with Gasteiger partial charge < -0.3 is 20.5 Å². The Morgan fingerprint density at radius 1 is 1.26 bits per heavy atom. The van der Waals surface area contributed by atoms with Crippen molar-refractivity contribution in [3.05, 3.63) is 58.5 Å². The van der Waals surface area contributed by atoms with E-state index in [4.69, 9.17) is 22.1 Å². The van der Waals surface area contributed by atoms with Gasteiger partial charge in [0.25, 0.3) is 5.91 Å². The molecule has 1 amide bonds. The van der Waals surface area contributed by atoms with Gasteiger partial charge in [0.05, 0.1) is 29.6 Å². The smallest absolute Gasteiger partial charge is 0.258 e. The molecular formula is C20H18ClF3N4O3. The summed E-state index contributed by atoms with van der Waals surface area (Å²) in [6.45, 7) is 0.502. The van der Waals surface area contributed by atoms with Gasteiger partial charge in [0, 0.05) is 24.8 Å². The van der Waals surface area contributed by atoms with E-state index in [-0.39, 0.29) is 18.8 Å². The van der Waals surface area contributed by atoms with E-state index in [9.17, 15) is 18.0 Å². The van der Waals surface area contributed by atoms with E-state index >= 15 is 0 Å². The molecule has 3 N–H and O–H groups in total. The van der Waals surface area contributed by atoms with Gasteiger partial charge >= 0.3 is 0 Å². The van der Waals surface area contributed by atoms with E-state index in [1.54, 1.807) is 13.1 Å². The molecule has 0 saturated heterocycles. The lowest BCUT2D eigenvalue weighted by atomic mass is 10.1. The van der Waals surface area contributed by atoms with Crippen LogP contribution in [0.2, 0.25) is 5.02 Å². The zero-order valence-electron chi connectivity index (χ0n) is 16.5. The van der Waals surface area contributed by atoms with Crippen molar-refractivity contribution in [1.82, 2.24) is 9.78 Å². The van der Waals surface area contributed by atoms with Gasteiger partial charge in [-0.1, -0.05) is 11.6 Å². The summed E-state index contributed by atoms with van der Waals surface area (Å²) in [5.41, 5.74) is 5.99. The van der Waals surface area contributed by atoms with Crippen molar-refractivity contribution in [1.29, 1.82) is 0 Å². The van der Waals surface area contributed by atoms with Crippen LogP contribution in [0, 0.1) is 17.5 Å². The molecule has 0 aliphatic rings. The molecule has 1 heterocycles. The minimum Gasteiger partial charge on any atom is -0.492 e. The molecule has 2 aromatic carbocycles. The summed E-state index contributed by atoms with van der Waals surface area (Å²) in [5, 5.41) is 6.86. The Morgan fingerprint density at radius 2 is 2.00 bits per heavy atom. The van der Waals surface area contributed by atoms with Gasteiger partial charge in [0.1, 0.15) is 12.4 Å². The zero-order valence-corrected chi connectivity index (χ0v) is 17.3. The third-order valence-corrected chi connectivity index (χ3v) is 4.60. The Balaban J connectivity index is 2.00. The van der Waals surface area contributed by atoms with Gasteiger partial charge in [0.2, 0.25) is 5.82 Å². The molecule has 0 bridgehead atoms. The second kappa shape index (κ2) is 9.27. The molecule has 0 radical (unpaired) electrons. The first-order valence-corrected chi connectivity index (χ1v) is 9.33. The topological polar surface area (TPSA) is 91.4 Å². The Hall–Kier alpha value is -3.24. The van der Waals surface area contributed by atoms with Crippen LogP contribution in [-0.2, 0) is 7.05 Å². The summed E-state index contributed by atoms with van der Waals surface area (Å²) >= 11 is 6.23. The highest BCUT2D eigenvalue weighted by Gasteiger charge is 2.24. The molecule has 0 saturated carbocycles. The Morgan fingerprint density at radius 3 is 2.61 bits per heavy atom. The van der Waals surface area contributed by atoms with Gasteiger partial charge in [-0.25, -0.2) is 8.78 Å². The quantitative estimate of drug-likeness (QED) is 0.530. The van der Waals surface area contributed by atoms with E-state index in [0.717, 1.165) is 7.11 Å². The van der Waals surface area contributed by atoms with Gasteiger partial charge in [0.15, 0.2) is 17.4 Å². The highest BCUT2D eigenvalue weighted by Crippen LogP contribution is 2.37. The highest BCUT2D eigenvalue weighted by molar-refractivity contribution is 6.33. The van der Waals surface area contributed by atoms with Crippen molar-refractivity contribution >= 4 is 23.2 Å². The molecule has 7 nitrogen and oxygen atoms in total. The van der Waals surface area contributed by atoms with Crippen molar-refractivity contribution in [2.45, 2.75) is 0 Å². The van der Waals surface area contributed by atoms with E-state index in [2.05, 4.69) is 15.2 Å². The predicted molar refractivity (Wildman–Crippen MR) is 109 cm³/mol. The summed E-state index contributed by atoms with van der Waals surface area (Å²) in [5.74, 6) is -5.83. The standard InChI is InChI=1S/C20H18ClF3N4O3/c1-28-18(13(21)9-26-28)11-7-10(3-4-15(11)31-6-5-25)27-20(29)12-8-14(22)17(24)19(30-2)16(12)23/h3-4,7-9H,5-6,25H2,1-2H3,(H,27,29). The largest absolute Gasteiger partial charge is 0.492 e. The number of carbonyl (C=O) groups excluding carboxylic acids is 1. The van der Waals surface area contributed by atoms with E-state index in [1.165, 1.54) is 23.0 Å². The first-order chi connectivity index (χ1) is 14.8. The molecule has 0 aliphatic carbocycles. The van der Waals surface area contributed by atoms with Crippen molar-refractivity contribution in [2.75, 3.05) is 25.6 Å². The average molecular weight is 455 g/mol. The van der Waals surface area contributed by atoms with Crippen molar-refractivity contribution in [3.63, 3.8) is 0 Å². The monoisotopic (exact) mass is 454 g/mol. The van der Waals surface area contributed by atoms with Crippen LogP contribution in [0.15, 0.2) is 30.5 Å². The normalized spacial score (nSPS) is 10.8. The molecule has 0 spiro atoms. The third-order valence-electron chi connectivity index (χ3n) is 4.33. The summed E-state index contributed by atoms with van der Waals surface area (Å²) < 4.78 is 53.5. The number of hydrogen-bond acceptors (Lipinski definition) is 5. The molecule has 3 rings (SSSR count). The van der Waals surface area contributed by atoms with Crippen LogP contribution in [0.25, 0.3) is 11.3 Å². The van der Waals surface area contributed by atoms with Crippen molar-refractivity contribution < 1.29 is 27.4 Å². The van der Waals surface area contributed by atoms with Gasteiger partial charge in [-0.3, -0.25) is 9.48 Å². The van der Waals surface area contributed by atoms with Gasteiger partial charge in [-0.2, -0.15) is 9.49 Å². The van der Waals surface area contributed by atoms with Gasteiger partial charge in [-0.15, -0.1) is 0 Å². The number of rotatable bonds is 7. The van der Waals surface area contributed by atoms with Crippen LogP contribution in [-0.4, -0.2) is 35.9 Å². The van der Waals surface area contributed by atoms with Crippen LogP contribution < -0.4 is 20.5 Å². The fourth-order valence-electron chi connectivity index (χ4n) is 2.92. The maximum Gasteiger partial charge on any atom is 0.258 e. The number of nitrogens with two attached hydrogens (primary N) is 1. The molecule has 11 heteroatoms. The summed E-state index contributed by atoms with van der Waals surface area (Å²) in [7, 11) is 2.63. The second-order valence-electron chi connectivity index (χ2n) is 6.33. The lowest BCUT2D eigenvalue weighted by Crippen LogP contribution is -2.16. The highest BCUT2D eigenvalue weighted by atomic mass is 35.5. The number of nitrogens with one attached hydrogen (secondary N) is 1. The maximum atomic E-state index is 14.4. The van der Waals surface area contributed by atoms with Crippen LogP contribution in [0.1, 0.15) is 10.4 Å². The lowest BCUT2D eigenvalue weighted by Gasteiger charge is -2.15. The number of nitrogens with zero attached hydrogens (tertiary/aromatic N) is 2. The van der Waals surface area contributed by atoms with E-state index in [1.807, 2.05) is 0 Å². The number of aryl methyl sites for hydroxylation is 1. The molecule has 0 aliphatic heterocycles. The molecular weight excluding hydrogens is 437 g/mol. The predicted octanol–water partition coefficient (Wildman–Crippen LogP) is 3.76. The Kier molecular flexibility index (Phi) is 6.71. The number of anilines is 1. The molecule has 1 aromatic heterocycles. The summed E-state index contributed by atoms with van der Waals surface area (Å²) in [4.78, 5) is 12.6. The SMILES string of the molecule is COc1c(F)c(F)cc(C(=O)Nc2ccc(OCCN)c(-c3c(Cl)cnn3C)c2)c1F. The first-order valence-electron chi connectivity index (χ1n) is 8.96. The Bertz CT molecular complexity index is 1120. The van der Waals surface area contributed by atoms with E-state index in [0.29, 0.717) is 28.1 Å². The fourth-order valence-corrected chi connectivity index (χ4v) is 3.19. The number of halogens is 4. The fraction of sp³-hybridized carbons (Fsp3) is 0.200. The molecule has 164 valence electrons. The number of hydrogen-bond donors (Lipinski definition) is 2. The zero-order chi connectivity index (χ0) is 22.7. The number of amides is 1. The van der Waals surface area contributed by atoms with Gasteiger partial charge in [-0.05, 0) is 24.3 Å². The molecule has 0 atom stereocenters. The molecule has 0 fully saturated rings. The average Bonchev–Trinajstić information content (AvgIpc) is 3.08. The number of ether oxygens (including phenoxy) is 2. The van der Waals surface area contributed by atoms with Crippen molar-refractivity contribution in [2.24, 2.45) is 12.8 Å². The van der Waals surface area contributed by atoms with Crippen LogP contribution in [0.3, 0.4) is 0 Å². The van der Waals surface area contributed by atoms with Crippen LogP contribution in [0.5, 0.6) is 11.5 Å². The molecule has 0 unspecified atom stereocenters. The minimum atomic E-state index is -1.52. The number of methoxy groups -OCH3 is 1. The lowest BCUT2D eigenvalue weighted by molar-refractivity contribution is 0.102. The summed E-state index contributed by atoms with van der Waals surface area (Å²) in [6.07, 6.45) is 1.44. The molecule has 31 heavy (non-hydrogen) atoms. The Labute approximate surface area is 180 Å². The maximum absolute atomic E-state index is 14.4. The number of benzene rings is 2. The summed E-state index contributed by atoms with van der Waals surface area (Å²) in [6, 6.07) is 5.04. The second-order valence-corrected chi connectivity index (χ2v) is 6.74. The first kappa shape index (κ1) is 22.4. The van der Waals surface area contributed by atoms with Crippen LogP contribution >= 0.6 is 11.6 Å². The minimum absolute atomic E-state index is 0.223. The number of aromatic nitrogens is 2.